The van der Waals surface area contributed by atoms with Crippen molar-refractivity contribution in [1.82, 2.24) is 4.90 Å². The van der Waals surface area contributed by atoms with E-state index >= 15 is 0 Å². The van der Waals surface area contributed by atoms with E-state index in [2.05, 4.69) is 4.90 Å². The monoisotopic (exact) mass is 261 g/mol. The van der Waals surface area contributed by atoms with Gasteiger partial charge >= 0.3 is 0 Å². The molecular formula is C16H23NO2. The zero-order valence-electron chi connectivity index (χ0n) is 11.7. The largest absolute Gasteiger partial charge is 0.497 e. The van der Waals surface area contributed by atoms with Gasteiger partial charge in [-0.05, 0) is 55.9 Å². The second kappa shape index (κ2) is 5.83. The molecule has 1 saturated heterocycles. The van der Waals surface area contributed by atoms with Gasteiger partial charge in [0, 0.05) is 19.1 Å². The van der Waals surface area contributed by atoms with Gasteiger partial charge in [0.25, 0.3) is 0 Å². The van der Waals surface area contributed by atoms with Crippen molar-refractivity contribution in [2.75, 3.05) is 26.8 Å². The maximum atomic E-state index is 5.76. The van der Waals surface area contributed by atoms with Crippen LogP contribution in [-0.4, -0.2) is 37.7 Å². The molecule has 3 nitrogen and oxygen atoms in total. The Kier molecular flexibility index (Phi) is 3.92. The fourth-order valence-corrected chi connectivity index (χ4v) is 3.43. The molecule has 2 bridgehead atoms. The summed E-state index contributed by atoms with van der Waals surface area (Å²) in [6, 6.07) is 8.70. The van der Waals surface area contributed by atoms with Crippen molar-refractivity contribution in [1.29, 1.82) is 0 Å². The lowest BCUT2D eigenvalue weighted by atomic mass is 10.1. The molecule has 0 unspecified atom stereocenters. The molecule has 1 aliphatic carbocycles. The summed E-state index contributed by atoms with van der Waals surface area (Å²) in [7, 11) is 1.68. The van der Waals surface area contributed by atoms with Crippen LogP contribution >= 0.6 is 0 Å². The Balaban J connectivity index is 1.36. The minimum Gasteiger partial charge on any atom is -0.497 e. The molecule has 1 aliphatic heterocycles. The standard InChI is InChI=1S/C16H23NO2/c1-18-15-5-7-16(8-6-15)19-10-2-9-17-12-13-3-4-14(17)11-13/h5-8,13-14H,2-4,9-12H2,1H3/t13-,14-/m0/s1. The van der Waals surface area contributed by atoms with Crippen LogP contribution in [0, 0.1) is 5.92 Å². The summed E-state index contributed by atoms with van der Waals surface area (Å²) in [6.07, 6.45) is 5.45. The molecule has 0 spiro atoms. The van der Waals surface area contributed by atoms with E-state index in [-0.39, 0.29) is 0 Å². The number of benzene rings is 1. The van der Waals surface area contributed by atoms with E-state index in [4.69, 9.17) is 9.47 Å². The fraction of sp³-hybridized carbons (Fsp3) is 0.625. The SMILES string of the molecule is COc1ccc(OCCCN2C[C@H]3CC[C@H]2C3)cc1. The zero-order chi connectivity index (χ0) is 13.1. The third-order valence-corrected chi connectivity index (χ3v) is 4.44. The van der Waals surface area contributed by atoms with Gasteiger partial charge in [-0.2, -0.15) is 0 Å². The van der Waals surface area contributed by atoms with Crippen LogP contribution in [0.2, 0.25) is 0 Å². The highest BCUT2D eigenvalue weighted by atomic mass is 16.5. The first kappa shape index (κ1) is 12.8. The van der Waals surface area contributed by atoms with Gasteiger partial charge in [0.2, 0.25) is 0 Å². The van der Waals surface area contributed by atoms with Gasteiger partial charge in [-0.3, -0.25) is 4.90 Å². The highest BCUT2D eigenvalue weighted by molar-refractivity contribution is 5.31. The molecule has 0 aromatic heterocycles. The minimum atomic E-state index is 0.806. The Morgan fingerprint density at radius 1 is 1.16 bits per heavy atom. The molecular weight excluding hydrogens is 238 g/mol. The van der Waals surface area contributed by atoms with E-state index in [1.807, 2.05) is 24.3 Å². The maximum Gasteiger partial charge on any atom is 0.119 e. The average molecular weight is 261 g/mol. The summed E-state index contributed by atoms with van der Waals surface area (Å²) in [5, 5.41) is 0. The van der Waals surface area contributed by atoms with Crippen LogP contribution in [-0.2, 0) is 0 Å². The Labute approximate surface area is 115 Å². The second-order valence-corrected chi connectivity index (χ2v) is 5.71. The van der Waals surface area contributed by atoms with Crippen LogP contribution in [0.1, 0.15) is 25.7 Å². The average Bonchev–Trinajstić information content (AvgIpc) is 3.07. The lowest BCUT2D eigenvalue weighted by Crippen LogP contribution is -2.33. The van der Waals surface area contributed by atoms with Gasteiger partial charge < -0.3 is 9.47 Å². The third kappa shape index (κ3) is 3.03. The first-order chi connectivity index (χ1) is 9.35. The normalized spacial score (nSPS) is 25.7. The molecule has 2 aliphatic rings. The lowest BCUT2D eigenvalue weighted by Gasteiger charge is -2.26. The Bertz CT molecular complexity index is 404. The van der Waals surface area contributed by atoms with Gasteiger partial charge in [0.05, 0.1) is 13.7 Å². The molecule has 3 rings (SSSR count). The molecule has 2 atom stereocenters. The zero-order valence-corrected chi connectivity index (χ0v) is 11.7. The molecule has 1 aromatic carbocycles. The van der Waals surface area contributed by atoms with Gasteiger partial charge in [0.1, 0.15) is 11.5 Å². The topological polar surface area (TPSA) is 21.7 Å². The van der Waals surface area contributed by atoms with E-state index in [0.717, 1.165) is 36.5 Å². The van der Waals surface area contributed by atoms with Crippen LogP contribution in [0.3, 0.4) is 0 Å². The number of nitrogens with zero attached hydrogens (tertiary/aromatic N) is 1. The Morgan fingerprint density at radius 2 is 1.95 bits per heavy atom. The number of methoxy groups -OCH3 is 1. The highest BCUT2D eigenvalue weighted by Gasteiger charge is 2.36. The number of ether oxygens (including phenoxy) is 2. The van der Waals surface area contributed by atoms with Crippen molar-refractivity contribution in [3.63, 3.8) is 0 Å². The number of fused-ring (bicyclic) bond motifs is 2. The molecule has 1 aromatic rings. The molecule has 19 heavy (non-hydrogen) atoms. The summed E-state index contributed by atoms with van der Waals surface area (Å²) in [4.78, 5) is 2.66. The van der Waals surface area contributed by atoms with Crippen molar-refractivity contribution in [3.05, 3.63) is 24.3 Å². The van der Waals surface area contributed by atoms with Gasteiger partial charge in [-0.15, -0.1) is 0 Å². The van der Waals surface area contributed by atoms with Crippen LogP contribution in [0.15, 0.2) is 24.3 Å². The van der Waals surface area contributed by atoms with Crippen molar-refractivity contribution < 1.29 is 9.47 Å². The lowest BCUT2D eigenvalue weighted by molar-refractivity contribution is 0.192. The van der Waals surface area contributed by atoms with Crippen LogP contribution in [0.25, 0.3) is 0 Å². The molecule has 0 amide bonds. The molecule has 0 radical (unpaired) electrons. The van der Waals surface area contributed by atoms with Gasteiger partial charge in [-0.1, -0.05) is 0 Å². The van der Waals surface area contributed by atoms with E-state index in [1.54, 1.807) is 7.11 Å². The highest BCUT2D eigenvalue weighted by Crippen LogP contribution is 2.37. The summed E-state index contributed by atoms with van der Waals surface area (Å²) < 4.78 is 10.9. The van der Waals surface area contributed by atoms with Crippen LogP contribution in [0.5, 0.6) is 11.5 Å². The van der Waals surface area contributed by atoms with Crippen molar-refractivity contribution >= 4 is 0 Å². The second-order valence-electron chi connectivity index (χ2n) is 5.71. The summed E-state index contributed by atoms with van der Waals surface area (Å²) in [5.74, 6) is 2.80. The predicted octanol–water partition coefficient (Wildman–Crippen LogP) is 2.95. The molecule has 104 valence electrons. The smallest absolute Gasteiger partial charge is 0.119 e. The van der Waals surface area contributed by atoms with E-state index in [0.29, 0.717) is 0 Å². The summed E-state index contributed by atoms with van der Waals surface area (Å²) >= 11 is 0. The first-order valence-electron chi connectivity index (χ1n) is 7.36. The molecule has 3 heteroatoms. The minimum absolute atomic E-state index is 0.806. The molecule has 2 fully saturated rings. The van der Waals surface area contributed by atoms with E-state index in [1.165, 1.54) is 32.4 Å². The number of likely N-dealkylation sites (tertiary alicyclic amines) is 1. The molecule has 1 heterocycles. The first-order valence-corrected chi connectivity index (χ1v) is 7.36. The third-order valence-electron chi connectivity index (χ3n) is 4.44. The number of piperidine rings is 1. The van der Waals surface area contributed by atoms with Crippen molar-refractivity contribution in [2.45, 2.75) is 31.7 Å². The van der Waals surface area contributed by atoms with Crippen LogP contribution in [0.4, 0.5) is 0 Å². The number of hydrogen-bond acceptors (Lipinski definition) is 3. The fourth-order valence-electron chi connectivity index (χ4n) is 3.43. The number of rotatable bonds is 6. The predicted molar refractivity (Wildman–Crippen MR) is 75.8 cm³/mol. The van der Waals surface area contributed by atoms with E-state index in [9.17, 15) is 0 Å². The van der Waals surface area contributed by atoms with Gasteiger partial charge in [-0.25, -0.2) is 0 Å². The van der Waals surface area contributed by atoms with Gasteiger partial charge in [0.15, 0.2) is 0 Å². The summed E-state index contributed by atoms with van der Waals surface area (Å²) in [5.41, 5.74) is 0. The molecule has 0 N–H and O–H groups in total. The Hall–Kier alpha value is -1.22. The quantitative estimate of drug-likeness (QED) is 0.735. The molecule has 1 saturated carbocycles. The summed E-state index contributed by atoms with van der Waals surface area (Å²) in [6.45, 7) is 3.32. The number of hydrogen-bond donors (Lipinski definition) is 0. The van der Waals surface area contributed by atoms with Crippen LogP contribution < -0.4 is 9.47 Å². The van der Waals surface area contributed by atoms with Crippen molar-refractivity contribution in [3.8, 4) is 11.5 Å². The van der Waals surface area contributed by atoms with Crippen molar-refractivity contribution in [2.24, 2.45) is 5.92 Å². The van der Waals surface area contributed by atoms with E-state index < -0.39 is 0 Å². The Morgan fingerprint density at radius 3 is 2.58 bits per heavy atom. The maximum absolute atomic E-state index is 5.76.